The highest BCUT2D eigenvalue weighted by Crippen LogP contribution is 2.24. The van der Waals surface area contributed by atoms with Gasteiger partial charge in [-0.2, -0.15) is 0 Å². The Morgan fingerprint density at radius 3 is 2.50 bits per heavy atom. The van der Waals surface area contributed by atoms with Gasteiger partial charge in [0.15, 0.2) is 0 Å². The lowest BCUT2D eigenvalue weighted by Crippen LogP contribution is -2.37. The van der Waals surface area contributed by atoms with Gasteiger partial charge in [-0.25, -0.2) is 0 Å². The van der Waals surface area contributed by atoms with Crippen LogP contribution in [0.5, 0.6) is 5.75 Å². The zero-order chi connectivity index (χ0) is 16.6. The minimum atomic E-state index is 0.614. The van der Waals surface area contributed by atoms with Crippen LogP contribution >= 0.6 is 0 Å². The fourth-order valence-electron chi connectivity index (χ4n) is 3.48. The molecule has 1 saturated carbocycles. The Labute approximate surface area is 145 Å². The van der Waals surface area contributed by atoms with Gasteiger partial charge in [-0.1, -0.05) is 48.9 Å². The number of hydrogen-bond acceptors (Lipinski definition) is 3. The standard InChI is InChI=1S/C21H28N2O/c22-15-19-7-4-8-21(19)23-14-13-17-9-11-20(12-10-17)24-16-18-5-2-1-3-6-18/h1-3,5-6,9-12,19,21,23H,4,7-8,13-16,22H2. The molecule has 24 heavy (non-hydrogen) atoms. The summed E-state index contributed by atoms with van der Waals surface area (Å²) in [5.74, 6) is 1.59. The lowest BCUT2D eigenvalue weighted by Gasteiger charge is -2.19. The Balaban J connectivity index is 1.41. The summed E-state index contributed by atoms with van der Waals surface area (Å²) in [6.45, 7) is 2.44. The number of hydrogen-bond donors (Lipinski definition) is 2. The molecule has 1 aliphatic carbocycles. The van der Waals surface area contributed by atoms with E-state index in [0.29, 0.717) is 18.6 Å². The molecule has 0 radical (unpaired) electrons. The van der Waals surface area contributed by atoms with Gasteiger partial charge in [-0.3, -0.25) is 0 Å². The van der Waals surface area contributed by atoms with E-state index in [1.54, 1.807) is 0 Å². The first kappa shape index (κ1) is 17.0. The number of nitrogens with one attached hydrogen (secondary N) is 1. The Bertz CT molecular complexity index is 597. The number of benzene rings is 2. The van der Waals surface area contributed by atoms with Crippen molar-refractivity contribution in [3.8, 4) is 5.75 Å². The first-order valence-electron chi connectivity index (χ1n) is 9.04. The van der Waals surface area contributed by atoms with Crippen LogP contribution in [0.3, 0.4) is 0 Å². The summed E-state index contributed by atoms with van der Waals surface area (Å²) in [5, 5.41) is 3.68. The Morgan fingerprint density at radius 2 is 1.75 bits per heavy atom. The van der Waals surface area contributed by atoms with Crippen molar-refractivity contribution < 1.29 is 4.74 Å². The molecule has 0 amide bonds. The Kier molecular flexibility index (Phi) is 6.27. The van der Waals surface area contributed by atoms with E-state index in [1.807, 2.05) is 18.2 Å². The average Bonchev–Trinajstić information content (AvgIpc) is 3.09. The maximum Gasteiger partial charge on any atom is 0.119 e. The quantitative estimate of drug-likeness (QED) is 0.781. The van der Waals surface area contributed by atoms with E-state index < -0.39 is 0 Å². The summed E-state index contributed by atoms with van der Waals surface area (Å²) >= 11 is 0. The summed E-state index contributed by atoms with van der Waals surface area (Å²) in [6, 6.07) is 19.3. The molecule has 2 atom stereocenters. The van der Waals surface area contributed by atoms with Crippen molar-refractivity contribution in [1.82, 2.24) is 5.32 Å². The second kappa shape index (κ2) is 8.86. The highest BCUT2D eigenvalue weighted by molar-refractivity contribution is 5.28. The van der Waals surface area contributed by atoms with Gasteiger partial charge in [0.1, 0.15) is 12.4 Å². The molecule has 0 aliphatic heterocycles. The lowest BCUT2D eigenvalue weighted by molar-refractivity contribution is 0.306. The second-order valence-electron chi connectivity index (χ2n) is 6.66. The molecule has 2 aromatic carbocycles. The molecule has 0 saturated heterocycles. The monoisotopic (exact) mass is 324 g/mol. The van der Waals surface area contributed by atoms with Crippen LogP contribution in [0.1, 0.15) is 30.4 Å². The molecule has 0 aromatic heterocycles. The number of ether oxygens (including phenoxy) is 1. The van der Waals surface area contributed by atoms with E-state index in [0.717, 1.165) is 25.3 Å². The van der Waals surface area contributed by atoms with Crippen LogP contribution in [-0.2, 0) is 13.0 Å². The van der Waals surface area contributed by atoms with Gasteiger partial charge >= 0.3 is 0 Å². The molecule has 3 rings (SSSR count). The van der Waals surface area contributed by atoms with Crippen molar-refractivity contribution in [2.24, 2.45) is 11.7 Å². The first-order chi connectivity index (χ1) is 11.8. The third-order valence-corrected chi connectivity index (χ3v) is 4.95. The second-order valence-corrected chi connectivity index (χ2v) is 6.66. The zero-order valence-electron chi connectivity index (χ0n) is 14.3. The lowest BCUT2D eigenvalue weighted by atomic mass is 10.0. The highest BCUT2D eigenvalue weighted by Gasteiger charge is 2.24. The molecular weight excluding hydrogens is 296 g/mol. The summed E-state index contributed by atoms with van der Waals surface area (Å²) in [5.41, 5.74) is 8.38. The predicted octanol–water partition coefficient (Wildman–Crippen LogP) is 3.53. The molecule has 2 aromatic rings. The minimum Gasteiger partial charge on any atom is -0.489 e. The number of rotatable bonds is 8. The summed E-state index contributed by atoms with van der Waals surface area (Å²) < 4.78 is 5.83. The van der Waals surface area contributed by atoms with Crippen molar-refractivity contribution in [2.45, 2.75) is 38.3 Å². The molecule has 0 heterocycles. The van der Waals surface area contributed by atoms with Gasteiger partial charge in [0.05, 0.1) is 0 Å². The van der Waals surface area contributed by atoms with Crippen LogP contribution in [0.4, 0.5) is 0 Å². The summed E-state index contributed by atoms with van der Waals surface area (Å²) in [7, 11) is 0. The van der Waals surface area contributed by atoms with E-state index in [2.05, 4.69) is 41.7 Å². The molecule has 1 fully saturated rings. The molecule has 0 spiro atoms. The molecule has 128 valence electrons. The third kappa shape index (κ3) is 4.83. The molecule has 3 heteroatoms. The van der Waals surface area contributed by atoms with Crippen molar-refractivity contribution in [3.05, 3.63) is 65.7 Å². The molecule has 3 nitrogen and oxygen atoms in total. The zero-order valence-corrected chi connectivity index (χ0v) is 14.3. The van der Waals surface area contributed by atoms with Crippen molar-refractivity contribution in [2.75, 3.05) is 13.1 Å². The van der Waals surface area contributed by atoms with Crippen LogP contribution in [0.15, 0.2) is 54.6 Å². The fourth-order valence-corrected chi connectivity index (χ4v) is 3.48. The van der Waals surface area contributed by atoms with Crippen LogP contribution in [0.25, 0.3) is 0 Å². The van der Waals surface area contributed by atoms with Gasteiger partial charge < -0.3 is 15.8 Å². The van der Waals surface area contributed by atoms with E-state index in [1.165, 1.54) is 30.4 Å². The smallest absolute Gasteiger partial charge is 0.119 e. The minimum absolute atomic E-state index is 0.614. The maximum atomic E-state index is 5.84. The van der Waals surface area contributed by atoms with Crippen LogP contribution < -0.4 is 15.8 Å². The van der Waals surface area contributed by atoms with Gasteiger partial charge in [-0.05, 0) is 61.5 Å². The number of nitrogens with two attached hydrogens (primary N) is 1. The van der Waals surface area contributed by atoms with Gasteiger partial charge in [0, 0.05) is 6.04 Å². The third-order valence-electron chi connectivity index (χ3n) is 4.95. The molecular formula is C21H28N2O. The van der Waals surface area contributed by atoms with Crippen molar-refractivity contribution in [1.29, 1.82) is 0 Å². The van der Waals surface area contributed by atoms with E-state index >= 15 is 0 Å². The van der Waals surface area contributed by atoms with Crippen LogP contribution in [-0.4, -0.2) is 19.1 Å². The van der Waals surface area contributed by atoms with Gasteiger partial charge in [0.2, 0.25) is 0 Å². The molecule has 3 N–H and O–H groups in total. The Hall–Kier alpha value is -1.84. The molecule has 0 bridgehead atoms. The largest absolute Gasteiger partial charge is 0.489 e. The van der Waals surface area contributed by atoms with E-state index in [4.69, 9.17) is 10.5 Å². The van der Waals surface area contributed by atoms with Gasteiger partial charge in [-0.15, -0.1) is 0 Å². The molecule has 1 aliphatic rings. The van der Waals surface area contributed by atoms with Crippen molar-refractivity contribution in [3.63, 3.8) is 0 Å². The Morgan fingerprint density at radius 1 is 0.958 bits per heavy atom. The SMILES string of the molecule is NCC1CCCC1NCCc1ccc(OCc2ccccc2)cc1. The highest BCUT2D eigenvalue weighted by atomic mass is 16.5. The molecule has 2 unspecified atom stereocenters. The van der Waals surface area contributed by atoms with Crippen LogP contribution in [0.2, 0.25) is 0 Å². The summed E-state index contributed by atoms with van der Waals surface area (Å²) in [4.78, 5) is 0. The average molecular weight is 324 g/mol. The summed E-state index contributed by atoms with van der Waals surface area (Å²) in [6.07, 6.45) is 4.91. The maximum absolute atomic E-state index is 5.84. The van der Waals surface area contributed by atoms with E-state index in [-0.39, 0.29) is 0 Å². The normalized spacial score (nSPS) is 20.2. The van der Waals surface area contributed by atoms with Gasteiger partial charge in [0.25, 0.3) is 0 Å². The van der Waals surface area contributed by atoms with Crippen molar-refractivity contribution >= 4 is 0 Å². The topological polar surface area (TPSA) is 47.3 Å². The predicted molar refractivity (Wildman–Crippen MR) is 99.1 cm³/mol. The van der Waals surface area contributed by atoms with Crippen LogP contribution in [0, 0.1) is 5.92 Å². The fraction of sp³-hybridized carbons (Fsp3) is 0.429. The first-order valence-corrected chi connectivity index (χ1v) is 9.04. The van der Waals surface area contributed by atoms with E-state index in [9.17, 15) is 0 Å².